The van der Waals surface area contributed by atoms with E-state index in [2.05, 4.69) is 37.4 Å². The van der Waals surface area contributed by atoms with Gasteiger partial charge in [0.15, 0.2) is 0 Å². The Hall–Kier alpha value is -2.48. The normalized spacial score (nSPS) is 21.6. The lowest BCUT2D eigenvalue weighted by Gasteiger charge is -2.27. The third-order valence-electron chi connectivity index (χ3n) is 6.00. The van der Waals surface area contributed by atoms with Crippen LogP contribution in [-0.4, -0.2) is 56.8 Å². The molecule has 8 nitrogen and oxygen atoms in total. The summed E-state index contributed by atoms with van der Waals surface area (Å²) in [5.41, 5.74) is 1.73. The molecule has 0 bridgehead atoms. The van der Waals surface area contributed by atoms with Crippen molar-refractivity contribution in [1.82, 2.24) is 19.9 Å². The fraction of sp³-hybridized carbons (Fsp3) is 0.636. The molecule has 2 aromatic rings. The quantitative estimate of drug-likeness (QED) is 0.568. The van der Waals surface area contributed by atoms with Gasteiger partial charge in [0.25, 0.3) is 0 Å². The van der Waals surface area contributed by atoms with Gasteiger partial charge in [-0.05, 0) is 44.9 Å². The van der Waals surface area contributed by atoms with Crippen LogP contribution in [0.4, 0.5) is 17.6 Å². The van der Waals surface area contributed by atoms with Crippen LogP contribution in [0.1, 0.15) is 58.3 Å². The topological polar surface area (TPSA) is 99.1 Å². The van der Waals surface area contributed by atoms with Crippen molar-refractivity contribution in [2.45, 2.75) is 70.4 Å². The van der Waals surface area contributed by atoms with Crippen molar-refractivity contribution in [3.8, 4) is 11.3 Å². The highest BCUT2D eigenvalue weighted by Crippen LogP contribution is 2.30. The van der Waals surface area contributed by atoms with E-state index in [1.807, 2.05) is 12.3 Å². The zero-order chi connectivity index (χ0) is 20.8. The molecule has 0 atom stereocenters. The number of aliphatic hydroxyl groups is 1. The van der Waals surface area contributed by atoms with Gasteiger partial charge in [-0.25, -0.2) is 15.0 Å². The predicted octanol–water partition coefficient (Wildman–Crippen LogP) is 3.46. The van der Waals surface area contributed by atoms with E-state index in [1.54, 1.807) is 6.33 Å². The smallest absolute Gasteiger partial charge is 0.224 e. The lowest BCUT2D eigenvalue weighted by Crippen LogP contribution is -2.29. The number of anilines is 3. The minimum atomic E-state index is -0.177. The van der Waals surface area contributed by atoms with Gasteiger partial charge in [-0.2, -0.15) is 4.98 Å². The fourth-order valence-electron chi connectivity index (χ4n) is 4.17. The predicted molar refractivity (Wildman–Crippen MR) is 120 cm³/mol. The molecule has 8 heteroatoms. The zero-order valence-electron chi connectivity index (χ0n) is 17.8. The monoisotopic (exact) mass is 411 g/mol. The van der Waals surface area contributed by atoms with Crippen molar-refractivity contribution >= 4 is 17.6 Å². The Morgan fingerprint density at radius 2 is 1.90 bits per heavy atom. The van der Waals surface area contributed by atoms with Gasteiger partial charge in [0.05, 0.1) is 17.4 Å². The largest absolute Gasteiger partial charge is 0.393 e. The molecule has 1 saturated heterocycles. The number of aromatic nitrogens is 4. The first-order valence-electron chi connectivity index (χ1n) is 11.4. The van der Waals surface area contributed by atoms with Gasteiger partial charge in [0.1, 0.15) is 18.0 Å². The molecule has 0 amide bonds. The van der Waals surface area contributed by atoms with Gasteiger partial charge in [0, 0.05) is 37.9 Å². The number of unbranched alkanes of at least 4 members (excludes halogenated alkanes) is 1. The van der Waals surface area contributed by atoms with Crippen molar-refractivity contribution in [3.05, 3.63) is 18.6 Å². The number of rotatable bonds is 8. The third kappa shape index (κ3) is 5.16. The summed E-state index contributed by atoms with van der Waals surface area (Å²) in [5.74, 6) is 2.41. The first kappa shape index (κ1) is 20.8. The van der Waals surface area contributed by atoms with Crippen LogP contribution < -0.4 is 15.5 Å². The lowest BCUT2D eigenvalue weighted by atomic mass is 9.93. The second-order valence-electron chi connectivity index (χ2n) is 8.34. The molecular formula is C22H33N7O. The first-order valence-corrected chi connectivity index (χ1v) is 11.4. The van der Waals surface area contributed by atoms with Crippen LogP contribution in [0.15, 0.2) is 18.6 Å². The summed E-state index contributed by atoms with van der Waals surface area (Å²) >= 11 is 0. The van der Waals surface area contributed by atoms with Crippen molar-refractivity contribution in [3.63, 3.8) is 0 Å². The van der Waals surface area contributed by atoms with Crippen molar-refractivity contribution in [2.75, 3.05) is 35.2 Å². The van der Waals surface area contributed by atoms with Crippen LogP contribution in [-0.2, 0) is 0 Å². The molecular weight excluding hydrogens is 378 g/mol. The zero-order valence-corrected chi connectivity index (χ0v) is 17.8. The summed E-state index contributed by atoms with van der Waals surface area (Å²) in [5, 5.41) is 16.8. The molecule has 2 aromatic heterocycles. The van der Waals surface area contributed by atoms with Crippen LogP contribution in [0.2, 0.25) is 0 Å². The Balaban J connectivity index is 1.59. The van der Waals surface area contributed by atoms with Crippen LogP contribution >= 0.6 is 0 Å². The Kier molecular flexibility index (Phi) is 6.94. The molecule has 3 heterocycles. The number of hydrogen-bond donors (Lipinski definition) is 3. The molecule has 0 spiro atoms. The maximum atomic E-state index is 9.84. The van der Waals surface area contributed by atoms with E-state index in [0.717, 1.165) is 81.1 Å². The maximum Gasteiger partial charge on any atom is 0.224 e. The molecule has 1 aliphatic carbocycles. The molecule has 0 unspecified atom stereocenters. The second-order valence-corrected chi connectivity index (χ2v) is 8.34. The van der Waals surface area contributed by atoms with E-state index in [0.29, 0.717) is 12.0 Å². The molecule has 1 aliphatic heterocycles. The fourth-order valence-corrected chi connectivity index (χ4v) is 4.17. The lowest BCUT2D eigenvalue weighted by molar-refractivity contribution is 0.126. The molecule has 1 saturated carbocycles. The average molecular weight is 412 g/mol. The summed E-state index contributed by atoms with van der Waals surface area (Å²) in [7, 11) is 0. The van der Waals surface area contributed by atoms with E-state index < -0.39 is 0 Å². The standard InChI is InChI=1S/C22H33N7O/c1-2-3-10-23-22-24-14-18(21(28-22)27-16-6-8-17(30)9-7-16)19-13-20(26-15-25-19)29-11-4-5-12-29/h13-17,30H,2-12H2,1H3,(H2,23,24,27,28)/t16-,17-. The van der Waals surface area contributed by atoms with Crippen LogP contribution in [0.5, 0.6) is 0 Å². The maximum absolute atomic E-state index is 9.84. The molecule has 4 rings (SSSR count). The van der Waals surface area contributed by atoms with Gasteiger partial charge >= 0.3 is 0 Å². The van der Waals surface area contributed by atoms with Gasteiger partial charge in [-0.3, -0.25) is 0 Å². The molecule has 2 fully saturated rings. The third-order valence-corrected chi connectivity index (χ3v) is 6.00. The van der Waals surface area contributed by atoms with E-state index in [1.165, 1.54) is 12.8 Å². The van der Waals surface area contributed by atoms with E-state index in [-0.39, 0.29) is 6.10 Å². The van der Waals surface area contributed by atoms with E-state index in [9.17, 15) is 5.11 Å². The Labute approximate surface area is 178 Å². The van der Waals surface area contributed by atoms with Crippen molar-refractivity contribution < 1.29 is 5.11 Å². The molecule has 2 aliphatic rings. The highest BCUT2D eigenvalue weighted by atomic mass is 16.3. The van der Waals surface area contributed by atoms with Gasteiger partial charge in [0.2, 0.25) is 5.95 Å². The van der Waals surface area contributed by atoms with Crippen LogP contribution in [0.3, 0.4) is 0 Å². The minimum absolute atomic E-state index is 0.177. The summed E-state index contributed by atoms with van der Waals surface area (Å²) in [6.07, 6.45) is 11.5. The number of aliphatic hydroxyl groups excluding tert-OH is 1. The van der Waals surface area contributed by atoms with Crippen LogP contribution in [0, 0.1) is 0 Å². The Bertz CT molecular complexity index is 817. The van der Waals surface area contributed by atoms with E-state index in [4.69, 9.17) is 4.98 Å². The van der Waals surface area contributed by atoms with Crippen LogP contribution in [0.25, 0.3) is 11.3 Å². The Morgan fingerprint density at radius 3 is 2.67 bits per heavy atom. The molecule has 0 aromatic carbocycles. The van der Waals surface area contributed by atoms with Crippen molar-refractivity contribution in [1.29, 1.82) is 0 Å². The Morgan fingerprint density at radius 1 is 1.10 bits per heavy atom. The number of nitrogens with one attached hydrogen (secondary N) is 2. The summed E-state index contributed by atoms with van der Waals surface area (Å²) in [6.45, 7) is 5.12. The first-order chi connectivity index (χ1) is 14.7. The summed E-state index contributed by atoms with van der Waals surface area (Å²) < 4.78 is 0. The molecule has 30 heavy (non-hydrogen) atoms. The second kappa shape index (κ2) is 10.0. The van der Waals surface area contributed by atoms with E-state index >= 15 is 0 Å². The van der Waals surface area contributed by atoms with Gasteiger partial charge in [-0.1, -0.05) is 13.3 Å². The highest BCUT2D eigenvalue weighted by Gasteiger charge is 2.22. The molecule has 3 N–H and O–H groups in total. The highest BCUT2D eigenvalue weighted by molar-refractivity contribution is 5.74. The molecule has 162 valence electrons. The van der Waals surface area contributed by atoms with Gasteiger partial charge in [-0.15, -0.1) is 0 Å². The summed E-state index contributed by atoms with van der Waals surface area (Å²) in [6, 6.07) is 2.34. The average Bonchev–Trinajstić information content (AvgIpc) is 3.31. The van der Waals surface area contributed by atoms with Crippen molar-refractivity contribution in [2.24, 2.45) is 0 Å². The summed E-state index contributed by atoms with van der Waals surface area (Å²) in [4.78, 5) is 20.7. The minimum Gasteiger partial charge on any atom is -0.393 e. The van der Waals surface area contributed by atoms with Gasteiger partial charge < -0.3 is 20.6 Å². The molecule has 0 radical (unpaired) electrons. The SMILES string of the molecule is CCCCNc1ncc(-c2cc(N3CCCC3)ncn2)c(N[C@H]2CC[C@H](O)CC2)n1. The number of hydrogen-bond acceptors (Lipinski definition) is 8. The number of nitrogens with zero attached hydrogens (tertiary/aromatic N) is 5.